The smallest absolute Gasteiger partial charge is 0.258 e. The average molecular weight is 271 g/mol. The quantitative estimate of drug-likeness (QED) is 0.815. The van der Waals surface area contributed by atoms with Crippen LogP contribution in [0.2, 0.25) is 0 Å². The van der Waals surface area contributed by atoms with Crippen molar-refractivity contribution in [2.24, 2.45) is 11.7 Å². The van der Waals surface area contributed by atoms with Gasteiger partial charge in [-0.1, -0.05) is 26.3 Å². The molecule has 0 saturated carbocycles. The first-order chi connectivity index (χ1) is 8.40. The third kappa shape index (κ3) is 3.76. The Hall–Kier alpha value is -0.980. The van der Waals surface area contributed by atoms with E-state index >= 15 is 0 Å². The van der Waals surface area contributed by atoms with Crippen molar-refractivity contribution in [2.75, 3.05) is 0 Å². The molecule has 6 heteroatoms. The summed E-state index contributed by atoms with van der Waals surface area (Å²) < 4.78 is 26.8. The molecule has 0 aliphatic heterocycles. The number of pyridine rings is 1. The molecular weight excluding hydrogens is 250 g/mol. The molecule has 3 N–H and O–H groups in total. The van der Waals surface area contributed by atoms with Crippen LogP contribution in [-0.4, -0.2) is 19.4 Å². The standard InChI is InChI=1S/C12H21N3O2S/c1-4-9(2)10(3)15-18(16,17)12-6-5-11(7-13)8-14-12/h5-6,8-10,15H,4,7,13H2,1-3H3. The zero-order valence-electron chi connectivity index (χ0n) is 11.1. The Labute approximate surface area is 109 Å². The molecule has 2 unspecified atom stereocenters. The van der Waals surface area contributed by atoms with Gasteiger partial charge in [-0.15, -0.1) is 0 Å². The summed E-state index contributed by atoms with van der Waals surface area (Å²) in [5.41, 5.74) is 6.25. The molecule has 1 aromatic heterocycles. The molecule has 18 heavy (non-hydrogen) atoms. The SMILES string of the molecule is CCC(C)C(C)NS(=O)(=O)c1ccc(CN)cn1. The fourth-order valence-corrected chi connectivity index (χ4v) is 2.75. The van der Waals surface area contributed by atoms with Gasteiger partial charge in [0.05, 0.1) is 0 Å². The predicted molar refractivity (Wildman–Crippen MR) is 71.4 cm³/mol. The first-order valence-corrected chi connectivity index (χ1v) is 7.56. The van der Waals surface area contributed by atoms with E-state index in [-0.39, 0.29) is 17.0 Å². The summed E-state index contributed by atoms with van der Waals surface area (Å²) in [4.78, 5) is 3.93. The molecule has 0 radical (unpaired) electrons. The Morgan fingerprint density at radius 1 is 1.39 bits per heavy atom. The zero-order valence-corrected chi connectivity index (χ0v) is 11.9. The minimum absolute atomic E-state index is 0.0369. The number of nitrogens with one attached hydrogen (secondary N) is 1. The highest BCUT2D eigenvalue weighted by Crippen LogP contribution is 2.12. The van der Waals surface area contributed by atoms with Gasteiger partial charge in [-0.2, -0.15) is 0 Å². The Kier molecular flexibility index (Phi) is 5.25. The molecule has 0 aromatic carbocycles. The van der Waals surface area contributed by atoms with Crippen LogP contribution in [0.25, 0.3) is 0 Å². The molecule has 5 nitrogen and oxygen atoms in total. The summed E-state index contributed by atoms with van der Waals surface area (Å²) in [6, 6.07) is 3.04. The fourth-order valence-electron chi connectivity index (χ4n) is 1.47. The maximum Gasteiger partial charge on any atom is 0.258 e. The van der Waals surface area contributed by atoms with Crippen molar-refractivity contribution < 1.29 is 8.42 Å². The highest BCUT2D eigenvalue weighted by atomic mass is 32.2. The third-order valence-corrected chi connectivity index (χ3v) is 4.62. The fraction of sp³-hybridized carbons (Fsp3) is 0.583. The van der Waals surface area contributed by atoms with Gasteiger partial charge in [0.25, 0.3) is 10.0 Å². The van der Waals surface area contributed by atoms with E-state index in [2.05, 4.69) is 9.71 Å². The van der Waals surface area contributed by atoms with Crippen molar-refractivity contribution in [1.82, 2.24) is 9.71 Å². The molecule has 2 atom stereocenters. The topological polar surface area (TPSA) is 85.1 Å². The van der Waals surface area contributed by atoms with E-state index in [4.69, 9.17) is 5.73 Å². The molecule has 0 spiro atoms. The Bertz CT molecular complexity index is 471. The third-order valence-electron chi connectivity index (χ3n) is 3.15. The van der Waals surface area contributed by atoms with E-state index in [9.17, 15) is 8.42 Å². The molecule has 102 valence electrons. The van der Waals surface area contributed by atoms with E-state index in [0.717, 1.165) is 12.0 Å². The minimum Gasteiger partial charge on any atom is -0.326 e. The second-order valence-corrected chi connectivity index (χ2v) is 6.17. The van der Waals surface area contributed by atoms with Gasteiger partial charge in [0.2, 0.25) is 0 Å². The van der Waals surface area contributed by atoms with Gasteiger partial charge in [-0.25, -0.2) is 18.1 Å². The number of hydrogen-bond donors (Lipinski definition) is 2. The summed E-state index contributed by atoms with van der Waals surface area (Å²) in [7, 11) is -3.54. The van der Waals surface area contributed by atoms with E-state index in [1.165, 1.54) is 12.3 Å². The lowest BCUT2D eigenvalue weighted by Gasteiger charge is -2.19. The summed E-state index contributed by atoms with van der Waals surface area (Å²) in [6.07, 6.45) is 2.41. The largest absolute Gasteiger partial charge is 0.326 e. The number of aromatic nitrogens is 1. The number of sulfonamides is 1. The van der Waals surface area contributed by atoms with E-state index in [0.29, 0.717) is 6.54 Å². The van der Waals surface area contributed by atoms with Crippen LogP contribution in [0.1, 0.15) is 32.8 Å². The van der Waals surface area contributed by atoms with Gasteiger partial charge in [0.1, 0.15) is 0 Å². The van der Waals surface area contributed by atoms with Crippen LogP contribution in [-0.2, 0) is 16.6 Å². The summed E-state index contributed by atoms with van der Waals surface area (Å²) in [5.74, 6) is 0.281. The van der Waals surface area contributed by atoms with E-state index in [1.54, 1.807) is 6.07 Å². The zero-order chi connectivity index (χ0) is 13.8. The van der Waals surface area contributed by atoms with Gasteiger partial charge >= 0.3 is 0 Å². The summed E-state index contributed by atoms with van der Waals surface area (Å²) in [5, 5.41) is 0.0369. The predicted octanol–water partition coefficient (Wildman–Crippen LogP) is 1.25. The molecule has 0 amide bonds. The highest BCUT2D eigenvalue weighted by molar-refractivity contribution is 7.89. The van der Waals surface area contributed by atoms with E-state index in [1.807, 2.05) is 20.8 Å². The lowest BCUT2D eigenvalue weighted by Crippen LogP contribution is -2.37. The normalized spacial score (nSPS) is 15.3. The molecule has 1 rings (SSSR count). The van der Waals surface area contributed by atoms with Crippen molar-refractivity contribution in [3.05, 3.63) is 23.9 Å². The number of rotatable bonds is 6. The van der Waals surface area contributed by atoms with Gasteiger partial charge in [-0.3, -0.25) is 0 Å². The molecule has 0 aliphatic rings. The maximum atomic E-state index is 12.1. The van der Waals surface area contributed by atoms with Gasteiger partial charge in [0, 0.05) is 18.8 Å². The molecule has 0 aliphatic carbocycles. The molecule has 0 saturated heterocycles. The van der Waals surface area contributed by atoms with Crippen LogP contribution in [0.15, 0.2) is 23.4 Å². The second kappa shape index (κ2) is 6.26. The van der Waals surface area contributed by atoms with Crippen molar-refractivity contribution in [3.63, 3.8) is 0 Å². The highest BCUT2D eigenvalue weighted by Gasteiger charge is 2.21. The number of nitrogens with two attached hydrogens (primary N) is 1. The van der Waals surface area contributed by atoms with Gasteiger partial charge in [0.15, 0.2) is 5.03 Å². The first kappa shape index (κ1) is 15.1. The van der Waals surface area contributed by atoms with Gasteiger partial charge < -0.3 is 5.73 Å². The number of nitrogens with zero attached hydrogens (tertiary/aromatic N) is 1. The monoisotopic (exact) mass is 271 g/mol. The maximum absolute atomic E-state index is 12.1. The van der Waals surface area contributed by atoms with Crippen LogP contribution < -0.4 is 10.5 Å². The average Bonchev–Trinajstić information content (AvgIpc) is 2.37. The Morgan fingerprint density at radius 2 is 2.06 bits per heavy atom. The van der Waals surface area contributed by atoms with Crippen molar-refractivity contribution in [3.8, 4) is 0 Å². The van der Waals surface area contributed by atoms with Crippen molar-refractivity contribution >= 4 is 10.0 Å². The Morgan fingerprint density at radius 3 is 2.50 bits per heavy atom. The molecule has 1 heterocycles. The Balaban J connectivity index is 2.85. The van der Waals surface area contributed by atoms with Crippen LogP contribution >= 0.6 is 0 Å². The van der Waals surface area contributed by atoms with E-state index < -0.39 is 10.0 Å². The lowest BCUT2D eigenvalue weighted by atomic mass is 10.0. The number of hydrogen-bond acceptors (Lipinski definition) is 4. The lowest BCUT2D eigenvalue weighted by molar-refractivity contribution is 0.433. The van der Waals surface area contributed by atoms with Gasteiger partial charge in [-0.05, 0) is 24.5 Å². The molecule has 0 fully saturated rings. The molecule has 1 aromatic rings. The summed E-state index contributed by atoms with van der Waals surface area (Å²) >= 11 is 0. The van der Waals surface area contributed by atoms with Crippen molar-refractivity contribution in [1.29, 1.82) is 0 Å². The molecular formula is C12H21N3O2S. The molecule has 0 bridgehead atoms. The van der Waals surface area contributed by atoms with Crippen LogP contribution in [0.4, 0.5) is 0 Å². The minimum atomic E-state index is -3.54. The second-order valence-electron chi connectivity index (χ2n) is 4.50. The van der Waals surface area contributed by atoms with Crippen LogP contribution in [0.3, 0.4) is 0 Å². The summed E-state index contributed by atoms with van der Waals surface area (Å²) in [6.45, 7) is 6.26. The van der Waals surface area contributed by atoms with Crippen molar-refractivity contribution in [2.45, 2.75) is 44.8 Å². The van der Waals surface area contributed by atoms with Crippen LogP contribution in [0.5, 0.6) is 0 Å². The van der Waals surface area contributed by atoms with Crippen LogP contribution in [0, 0.1) is 5.92 Å². The first-order valence-electron chi connectivity index (χ1n) is 6.08.